The molecule has 2 aromatic rings. The van der Waals surface area contributed by atoms with Gasteiger partial charge in [0.15, 0.2) is 0 Å². The average Bonchev–Trinajstić information content (AvgIpc) is 2.38. The van der Waals surface area contributed by atoms with Gasteiger partial charge in [-0.15, -0.1) is 0 Å². The van der Waals surface area contributed by atoms with Gasteiger partial charge in [-0.05, 0) is 31.5 Å². The predicted octanol–water partition coefficient (Wildman–Crippen LogP) is 1.44. The number of aryl methyl sites for hydroxylation is 1. The highest BCUT2D eigenvalue weighted by Gasteiger charge is 2.25. The number of benzene rings is 1. The standard InChI is InChI=1S/C13H14N4O4/c1-3-16(9-6-4-5-8(2)7-9)11-10(17(20)21)12(18)15-13(19)14-11/h4-7H,3H2,1-2H3,(H2,14,15,18,19). The Labute approximate surface area is 119 Å². The third-order valence-corrected chi connectivity index (χ3v) is 2.98. The van der Waals surface area contributed by atoms with E-state index in [4.69, 9.17) is 0 Å². The summed E-state index contributed by atoms with van der Waals surface area (Å²) in [5.74, 6) is -0.123. The van der Waals surface area contributed by atoms with Gasteiger partial charge in [-0.3, -0.25) is 24.9 Å². The molecule has 0 amide bonds. The first-order valence-electron chi connectivity index (χ1n) is 6.29. The topological polar surface area (TPSA) is 112 Å². The molecule has 0 fully saturated rings. The summed E-state index contributed by atoms with van der Waals surface area (Å²) < 4.78 is 0. The van der Waals surface area contributed by atoms with Crippen molar-refractivity contribution in [1.29, 1.82) is 0 Å². The third-order valence-electron chi connectivity index (χ3n) is 2.98. The van der Waals surface area contributed by atoms with Crippen molar-refractivity contribution in [3.8, 4) is 0 Å². The van der Waals surface area contributed by atoms with E-state index in [1.54, 1.807) is 19.1 Å². The van der Waals surface area contributed by atoms with E-state index < -0.39 is 21.9 Å². The van der Waals surface area contributed by atoms with Crippen LogP contribution in [0.15, 0.2) is 33.9 Å². The second-order valence-corrected chi connectivity index (χ2v) is 4.45. The lowest BCUT2D eigenvalue weighted by molar-refractivity contribution is -0.385. The van der Waals surface area contributed by atoms with Crippen molar-refractivity contribution in [3.63, 3.8) is 0 Å². The number of anilines is 2. The van der Waals surface area contributed by atoms with E-state index in [-0.39, 0.29) is 5.82 Å². The molecular formula is C13H14N4O4. The zero-order chi connectivity index (χ0) is 15.6. The van der Waals surface area contributed by atoms with Crippen molar-refractivity contribution in [1.82, 2.24) is 9.97 Å². The number of hydrogen-bond acceptors (Lipinski definition) is 5. The van der Waals surface area contributed by atoms with Crippen LogP contribution in [0.3, 0.4) is 0 Å². The van der Waals surface area contributed by atoms with Gasteiger partial charge >= 0.3 is 16.9 Å². The van der Waals surface area contributed by atoms with Crippen LogP contribution in [0, 0.1) is 17.0 Å². The predicted molar refractivity (Wildman–Crippen MR) is 78.2 cm³/mol. The Morgan fingerprint density at radius 2 is 2.00 bits per heavy atom. The molecule has 0 bridgehead atoms. The maximum atomic E-state index is 11.7. The molecule has 0 atom stereocenters. The second-order valence-electron chi connectivity index (χ2n) is 4.45. The van der Waals surface area contributed by atoms with Gasteiger partial charge in [0.05, 0.1) is 4.92 Å². The Hall–Kier alpha value is -2.90. The molecule has 0 aliphatic carbocycles. The summed E-state index contributed by atoms with van der Waals surface area (Å²) in [6.07, 6.45) is 0. The van der Waals surface area contributed by atoms with E-state index in [1.165, 1.54) is 4.90 Å². The van der Waals surface area contributed by atoms with Crippen molar-refractivity contribution < 1.29 is 4.92 Å². The number of H-pyrrole nitrogens is 2. The van der Waals surface area contributed by atoms with Crippen LogP contribution in [-0.2, 0) is 0 Å². The van der Waals surface area contributed by atoms with Crippen LogP contribution >= 0.6 is 0 Å². The lowest BCUT2D eigenvalue weighted by Gasteiger charge is -2.22. The summed E-state index contributed by atoms with van der Waals surface area (Å²) in [6.45, 7) is 4.00. The van der Waals surface area contributed by atoms with Gasteiger partial charge in [0.2, 0.25) is 5.82 Å². The van der Waals surface area contributed by atoms with Crippen molar-refractivity contribution in [2.45, 2.75) is 13.8 Å². The number of nitro groups is 1. The molecule has 1 aromatic heterocycles. The van der Waals surface area contributed by atoms with Crippen molar-refractivity contribution >= 4 is 17.2 Å². The Morgan fingerprint density at radius 1 is 1.29 bits per heavy atom. The van der Waals surface area contributed by atoms with Crippen LogP contribution in [0.5, 0.6) is 0 Å². The molecular weight excluding hydrogens is 276 g/mol. The van der Waals surface area contributed by atoms with Crippen molar-refractivity contribution in [2.75, 3.05) is 11.4 Å². The monoisotopic (exact) mass is 290 g/mol. The fourth-order valence-corrected chi connectivity index (χ4v) is 2.10. The van der Waals surface area contributed by atoms with Gasteiger partial charge in [0.25, 0.3) is 0 Å². The fraction of sp³-hybridized carbons (Fsp3) is 0.231. The lowest BCUT2D eigenvalue weighted by atomic mass is 10.2. The summed E-state index contributed by atoms with van der Waals surface area (Å²) in [4.78, 5) is 39.2. The first kappa shape index (κ1) is 14.5. The Morgan fingerprint density at radius 3 is 2.57 bits per heavy atom. The summed E-state index contributed by atoms with van der Waals surface area (Å²) in [7, 11) is 0. The number of aromatic nitrogens is 2. The van der Waals surface area contributed by atoms with E-state index in [0.29, 0.717) is 12.2 Å². The fourth-order valence-electron chi connectivity index (χ4n) is 2.10. The van der Waals surface area contributed by atoms with Crippen LogP contribution < -0.4 is 16.1 Å². The quantitative estimate of drug-likeness (QED) is 0.653. The summed E-state index contributed by atoms with van der Waals surface area (Å²) >= 11 is 0. The molecule has 8 heteroatoms. The molecule has 110 valence electrons. The lowest BCUT2D eigenvalue weighted by Crippen LogP contribution is -2.30. The number of rotatable bonds is 4. The van der Waals surface area contributed by atoms with Gasteiger partial charge in [0, 0.05) is 12.2 Å². The van der Waals surface area contributed by atoms with Crippen LogP contribution in [0.25, 0.3) is 0 Å². The minimum atomic E-state index is -1.02. The summed E-state index contributed by atoms with van der Waals surface area (Å²) in [5.41, 5.74) is -0.878. The zero-order valence-electron chi connectivity index (χ0n) is 11.5. The molecule has 0 aliphatic rings. The molecule has 0 unspecified atom stereocenters. The van der Waals surface area contributed by atoms with Gasteiger partial charge < -0.3 is 4.90 Å². The van der Waals surface area contributed by atoms with Gasteiger partial charge in [0.1, 0.15) is 0 Å². The van der Waals surface area contributed by atoms with Crippen LogP contribution in [-0.4, -0.2) is 21.4 Å². The highest BCUT2D eigenvalue weighted by atomic mass is 16.6. The van der Waals surface area contributed by atoms with Gasteiger partial charge in [-0.1, -0.05) is 12.1 Å². The van der Waals surface area contributed by atoms with Crippen LogP contribution in [0.1, 0.15) is 12.5 Å². The normalized spacial score (nSPS) is 10.4. The van der Waals surface area contributed by atoms with E-state index in [1.807, 2.05) is 24.0 Å². The molecule has 0 aliphatic heterocycles. The third kappa shape index (κ3) is 2.83. The highest BCUT2D eigenvalue weighted by Crippen LogP contribution is 2.28. The van der Waals surface area contributed by atoms with Gasteiger partial charge in [-0.2, -0.15) is 0 Å². The first-order valence-corrected chi connectivity index (χ1v) is 6.29. The number of nitrogens with one attached hydrogen (secondary N) is 2. The van der Waals surface area contributed by atoms with Crippen LogP contribution in [0.2, 0.25) is 0 Å². The molecule has 0 saturated heterocycles. The minimum Gasteiger partial charge on any atom is -0.322 e. The first-order chi connectivity index (χ1) is 9.93. The van der Waals surface area contributed by atoms with E-state index >= 15 is 0 Å². The Bertz CT molecular complexity index is 793. The maximum Gasteiger partial charge on any atom is 0.374 e. The zero-order valence-corrected chi connectivity index (χ0v) is 11.5. The molecule has 2 N–H and O–H groups in total. The number of hydrogen-bond donors (Lipinski definition) is 2. The molecule has 0 spiro atoms. The Balaban J connectivity index is 2.71. The minimum absolute atomic E-state index is 0.123. The summed E-state index contributed by atoms with van der Waals surface area (Å²) in [6, 6.07) is 7.24. The average molecular weight is 290 g/mol. The number of aromatic amines is 2. The molecule has 8 nitrogen and oxygen atoms in total. The SMILES string of the molecule is CCN(c1cccc(C)c1)c1[nH]c(=O)[nH]c(=O)c1[N+](=O)[O-]. The van der Waals surface area contributed by atoms with E-state index in [0.717, 1.165) is 5.56 Å². The van der Waals surface area contributed by atoms with E-state index in [9.17, 15) is 19.7 Å². The van der Waals surface area contributed by atoms with Gasteiger partial charge in [-0.25, -0.2) is 4.79 Å². The highest BCUT2D eigenvalue weighted by molar-refractivity contribution is 5.67. The van der Waals surface area contributed by atoms with E-state index in [2.05, 4.69) is 4.98 Å². The molecule has 2 rings (SSSR count). The molecule has 21 heavy (non-hydrogen) atoms. The number of nitrogens with zero attached hydrogens (tertiary/aromatic N) is 2. The molecule has 1 aromatic carbocycles. The Kier molecular flexibility index (Phi) is 3.88. The maximum absolute atomic E-state index is 11.7. The second kappa shape index (κ2) is 5.61. The largest absolute Gasteiger partial charge is 0.374 e. The molecule has 0 radical (unpaired) electrons. The van der Waals surface area contributed by atoms with Crippen LogP contribution in [0.4, 0.5) is 17.2 Å². The van der Waals surface area contributed by atoms with Crippen molar-refractivity contribution in [3.05, 3.63) is 60.8 Å². The van der Waals surface area contributed by atoms with Crippen molar-refractivity contribution in [2.24, 2.45) is 0 Å². The molecule has 1 heterocycles. The smallest absolute Gasteiger partial charge is 0.322 e. The molecule has 0 saturated carbocycles. The summed E-state index contributed by atoms with van der Waals surface area (Å²) in [5, 5.41) is 11.1.